The van der Waals surface area contributed by atoms with Crippen molar-refractivity contribution in [2.45, 2.75) is 17.7 Å². The van der Waals surface area contributed by atoms with Crippen LogP contribution < -0.4 is 4.72 Å². The first-order chi connectivity index (χ1) is 8.40. The van der Waals surface area contributed by atoms with E-state index in [-0.39, 0.29) is 15.2 Å². The van der Waals surface area contributed by atoms with Gasteiger partial charge in [0, 0.05) is 15.9 Å². The molecule has 98 valence electrons. The monoisotopic (exact) mass is 386 g/mol. The number of sulfonamides is 1. The molecule has 0 amide bonds. The average molecular weight is 388 g/mol. The van der Waals surface area contributed by atoms with Crippen LogP contribution >= 0.6 is 50.2 Å². The number of nitrogens with zero attached hydrogens (tertiary/aromatic N) is 1. The molecule has 0 aliphatic heterocycles. The molecule has 2 heterocycles. The number of thiophene rings is 1. The Morgan fingerprint density at radius 3 is 2.78 bits per heavy atom. The topological polar surface area (TPSA) is 59.1 Å². The third kappa shape index (κ3) is 3.12. The molecule has 0 radical (unpaired) electrons. The minimum Gasteiger partial charge on any atom is -0.229 e. The van der Waals surface area contributed by atoms with Crippen LogP contribution in [0.3, 0.4) is 0 Å². The van der Waals surface area contributed by atoms with E-state index in [2.05, 4.69) is 25.6 Å². The normalized spacial score (nSPS) is 11.9. The Bertz CT molecular complexity index is 665. The molecule has 0 atom stereocenters. The van der Waals surface area contributed by atoms with Crippen molar-refractivity contribution in [2.75, 3.05) is 0 Å². The van der Waals surface area contributed by atoms with Gasteiger partial charge in [-0.15, -0.1) is 11.3 Å². The summed E-state index contributed by atoms with van der Waals surface area (Å²) in [6.45, 7) is 1.87. The smallest absolute Gasteiger partial charge is 0.229 e. The van der Waals surface area contributed by atoms with Crippen LogP contribution in [0.1, 0.15) is 10.6 Å². The van der Waals surface area contributed by atoms with Gasteiger partial charge in [0.15, 0.2) is 8.68 Å². The van der Waals surface area contributed by atoms with Crippen LogP contribution in [-0.2, 0) is 16.6 Å². The van der Waals surface area contributed by atoms with E-state index < -0.39 is 10.0 Å². The van der Waals surface area contributed by atoms with Crippen molar-refractivity contribution in [1.82, 2.24) is 9.71 Å². The van der Waals surface area contributed by atoms with Gasteiger partial charge in [0.05, 0.1) is 5.69 Å². The van der Waals surface area contributed by atoms with Crippen LogP contribution in [0.25, 0.3) is 0 Å². The van der Waals surface area contributed by atoms with E-state index in [9.17, 15) is 8.42 Å². The molecule has 0 aromatic carbocycles. The zero-order valence-corrected chi connectivity index (χ0v) is 13.9. The molecule has 2 aromatic rings. The first kappa shape index (κ1) is 14.4. The fourth-order valence-corrected chi connectivity index (χ4v) is 5.58. The summed E-state index contributed by atoms with van der Waals surface area (Å²) in [6, 6.07) is 1.88. The summed E-state index contributed by atoms with van der Waals surface area (Å²) in [5, 5.41) is 1.89. The Labute approximate surface area is 126 Å². The summed E-state index contributed by atoms with van der Waals surface area (Å²) in [6.07, 6.45) is 0. The summed E-state index contributed by atoms with van der Waals surface area (Å²) in [5.41, 5.74) is 0.419. The lowest BCUT2D eigenvalue weighted by Crippen LogP contribution is -2.22. The summed E-state index contributed by atoms with van der Waals surface area (Å²) < 4.78 is 28.0. The van der Waals surface area contributed by atoms with E-state index in [0.29, 0.717) is 5.69 Å². The van der Waals surface area contributed by atoms with Crippen LogP contribution in [0.15, 0.2) is 20.1 Å². The maximum absolute atomic E-state index is 12.1. The summed E-state index contributed by atoms with van der Waals surface area (Å²) in [7, 11) is -3.56. The lowest BCUT2D eigenvalue weighted by Gasteiger charge is -2.04. The number of nitrogens with one attached hydrogen (secondary N) is 1. The van der Waals surface area contributed by atoms with Gasteiger partial charge in [-0.2, -0.15) is 0 Å². The molecule has 0 saturated carbocycles. The van der Waals surface area contributed by atoms with Crippen molar-refractivity contribution < 1.29 is 8.42 Å². The van der Waals surface area contributed by atoms with Crippen LogP contribution in [0.5, 0.6) is 0 Å². The number of rotatable bonds is 4. The van der Waals surface area contributed by atoms with Crippen LogP contribution in [0, 0.1) is 6.92 Å². The van der Waals surface area contributed by atoms with Gasteiger partial charge < -0.3 is 0 Å². The SMILES string of the molecule is Cc1nc(Cl)sc1S(=O)(=O)NCc1sccc1Br. The molecule has 0 aliphatic carbocycles. The van der Waals surface area contributed by atoms with Crippen LogP contribution in [-0.4, -0.2) is 13.4 Å². The van der Waals surface area contributed by atoms with Gasteiger partial charge >= 0.3 is 0 Å². The average Bonchev–Trinajstić information content (AvgIpc) is 2.82. The molecule has 2 aromatic heterocycles. The minimum atomic E-state index is -3.56. The summed E-state index contributed by atoms with van der Waals surface area (Å²) >= 11 is 11.5. The second-order valence-electron chi connectivity index (χ2n) is 3.36. The molecular weight excluding hydrogens is 380 g/mol. The second-order valence-corrected chi connectivity index (χ2v) is 8.75. The standard InChI is InChI=1S/C9H8BrClN2O2S3/c1-5-8(17-9(11)13-5)18(14,15)12-4-7-6(10)2-3-16-7/h2-3,12H,4H2,1H3. The van der Waals surface area contributed by atoms with Crippen molar-refractivity contribution >= 4 is 60.2 Å². The quantitative estimate of drug-likeness (QED) is 0.874. The number of aryl methyl sites for hydroxylation is 1. The first-order valence-corrected chi connectivity index (χ1v) is 9.09. The largest absolute Gasteiger partial charge is 0.252 e. The van der Waals surface area contributed by atoms with Gasteiger partial charge in [-0.05, 0) is 34.3 Å². The van der Waals surface area contributed by atoms with E-state index in [4.69, 9.17) is 11.6 Å². The molecule has 0 aliphatic rings. The number of thiazole rings is 1. The third-order valence-electron chi connectivity index (χ3n) is 2.09. The molecular formula is C9H8BrClN2O2S3. The maximum atomic E-state index is 12.1. The van der Waals surface area contributed by atoms with Crippen molar-refractivity contribution in [3.63, 3.8) is 0 Å². The summed E-state index contributed by atoms with van der Waals surface area (Å²) in [4.78, 5) is 4.82. The fourth-order valence-electron chi connectivity index (χ4n) is 1.28. The molecule has 0 bridgehead atoms. The molecule has 18 heavy (non-hydrogen) atoms. The van der Waals surface area contributed by atoms with E-state index in [0.717, 1.165) is 20.7 Å². The molecule has 2 rings (SSSR count). The van der Waals surface area contributed by atoms with Crippen LogP contribution in [0.2, 0.25) is 4.47 Å². The number of aromatic nitrogens is 1. The lowest BCUT2D eigenvalue weighted by atomic mass is 10.5. The van der Waals surface area contributed by atoms with E-state index in [1.165, 1.54) is 11.3 Å². The zero-order valence-electron chi connectivity index (χ0n) is 9.11. The molecule has 0 spiro atoms. The predicted octanol–water partition coefficient (Wildman–Crippen LogP) is 3.41. The Morgan fingerprint density at radius 2 is 2.28 bits per heavy atom. The Hall–Kier alpha value is 0.01000. The highest BCUT2D eigenvalue weighted by molar-refractivity contribution is 9.10. The number of hydrogen-bond acceptors (Lipinski definition) is 5. The zero-order chi connectivity index (χ0) is 13.3. The highest BCUT2D eigenvalue weighted by atomic mass is 79.9. The predicted molar refractivity (Wildman–Crippen MR) is 77.9 cm³/mol. The third-order valence-corrected chi connectivity index (χ3v) is 7.28. The van der Waals surface area contributed by atoms with E-state index in [1.54, 1.807) is 6.92 Å². The second kappa shape index (κ2) is 5.56. The van der Waals surface area contributed by atoms with Gasteiger partial charge in [-0.25, -0.2) is 18.1 Å². The van der Waals surface area contributed by atoms with Gasteiger partial charge in [-0.1, -0.05) is 22.9 Å². The highest BCUT2D eigenvalue weighted by Crippen LogP contribution is 2.27. The number of halogens is 2. The Kier molecular flexibility index (Phi) is 4.45. The van der Waals surface area contributed by atoms with Gasteiger partial charge in [0.2, 0.25) is 0 Å². The van der Waals surface area contributed by atoms with Crippen molar-refractivity contribution in [3.8, 4) is 0 Å². The van der Waals surface area contributed by atoms with E-state index >= 15 is 0 Å². The number of hydrogen-bond donors (Lipinski definition) is 1. The Balaban J connectivity index is 2.18. The van der Waals surface area contributed by atoms with E-state index in [1.807, 2.05) is 11.4 Å². The molecule has 0 fully saturated rings. The van der Waals surface area contributed by atoms with Crippen molar-refractivity contribution in [3.05, 3.63) is 31.0 Å². The van der Waals surface area contributed by atoms with Crippen molar-refractivity contribution in [1.29, 1.82) is 0 Å². The maximum Gasteiger partial charge on any atom is 0.252 e. The molecule has 0 saturated heterocycles. The minimum absolute atomic E-state index is 0.167. The molecule has 9 heteroatoms. The van der Waals surface area contributed by atoms with Gasteiger partial charge in [0.25, 0.3) is 10.0 Å². The molecule has 1 N–H and O–H groups in total. The van der Waals surface area contributed by atoms with Crippen molar-refractivity contribution in [2.24, 2.45) is 0 Å². The highest BCUT2D eigenvalue weighted by Gasteiger charge is 2.21. The fraction of sp³-hybridized carbons (Fsp3) is 0.222. The Morgan fingerprint density at radius 1 is 1.56 bits per heavy atom. The summed E-state index contributed by atoms with van der Waals surface area (Å²) in [5.74, 6) is 0. The van der Waals surface area contributed by atoms with Gasteiger partial charge in [-0.3, -0.25) is 0 Å². The first-order valence-electron chi connectivity index (χ1n) is 4.74. The van der Waals surface area contributed by atoms with Crippen LogP contribution in [0.4, 0.5) is 0 Å². The lowest BCUT2D eigenvalue weighted by molar-refractivity contribution is 0.583. The molecule has 0 unspecified atom stereocenters. The van der Waals surface area contributed by atoms with Gasteiger partial charge in [0.1, 0.15) is 0 Å². The molecule has 4 nitrogen and oxygen atoms in total.